The van der Waals surface area contributed by atoms with Crippen molar-refractivity contribution in [2.45, 2.75) is 19.6 Å². The molecule has 1 aliphatic heterocycles. The molecular weight excluding hydrogens is 228 g/mol. The highest BCUT2D eigenvalue weighted by Gasteiger charge is 2.24. The SMILES string of the molecule is Cc1ccc(CN(C)C(=O)C2CNCCO2)cc1. The van der Waals surface area contributed by atoms with Crippen LogP contribution < -0.4 is 5.32 Å². The van der Waals surface area contributed by atoms with E-state index in [4.69, 9.17) is 4.74 Å². The van der Waals surface area contributed by atoms with Crippen LogP contribution in [0.5, 0.6) is 0 Å². The van der Waals surface area contributed by atoms with Gasteiger partial charge in [-0.05, 0) is 12.5 Å². The van der Waals surface area contributed by atoms with Crippen LogP contribution in [0.25, 0.3) is 0 Å². The van der Waals surface area contributed by atoms with Crippen molar-refractivity contribution in [3.05, 3.63) is 35.4 Å². The van der Waals surface area contributed by atoms with Crippen molar-refractivity contribution in [3.8, 4) is 0 Å². The Labute approximate surface area is 108 Å². The first kappa shape index (κ1) is 13.1. The number of hydrogen-bond acceptors (Lipinski definition) is 3. The third kappa shape index (κ3) is 3.31. The summed E-state index contributed by atoms with van der Waals surface area (Å²) in [4.78, 5) is 13.9. The fourth-order valence-corrected chi connectivity index (χ4v) is 2.02. The van der Waals surface area contributed by atoms with Gasteiger partial charge in [0.1, 0.15) is 6.10 Å². The van der Waals surface area contributed by atoms with E-state index in [0.717, 1.165) is 12.1 Å². The zero-order valence-electron chi connectivity index (χ0n) is 11.0. The minimum atomic E-state index is -0.339. The highest BCUT2D eigenvalue weighted by atomic mass is 16.5. The molecule has 0 spiro atoms. The van der Waals surface area contributed by atoms with Gasteiger partial charge >= 0.3 is 0 Å². The lowest BCUT2D eigenvalue weighted by atomic mass is 10.1. The van der Waals surface area contributed by atoms with Crippen molar-refractivity contribution < 1.29 is 9.53 Å². The molecule has 98 valence electrons. The molecule has 4 heteroatoms. The molecule has 0 bridgehead atoms. The Morgan fingerprint density at radius 2 is 2.17 bits per heavy atom. The highest BCUT2D eigenvalue weighted by molar-refractivity contribution is 5.81. The Balaban J connectivity index is 1.92. The second-order valence-corrected chi connectivity index (χ2v) is 4.74. The smallest absolute Gasteiger partial charge is 0.253 e. The lowest BCUT2D eigenvalue weighted by molar-refractivity contribution is -0.144. The van der Waals surface area contributed by atoms with Crippen molar-refractivity contribution in [3.63, 3.8) is 0 Å². The molecule has 1 fully saturated rings. The topological polar surface area (TPSA) is 41.6 Å². The zero-order chi connectivity index (χ0) is 13.0. The van der Waals surface area contributed by atoms with E-state index in [9.17, 15) is 4.79 Å². The molecule has 1 saturated heterocycles. The number of amides is 1. The van der Waals surface area contributed by atoms with Gasteiger partial charge < -0.3 is 15.0 Å². The van der Waals surface area contributed by atoms with Crippen LogP contribution in [-0.2, 0) is 16.1 Å². The average Bonchev–Trinajstić information content (AvgIpc) is 2.41. The van der Waals surface area contributed by atoms with Gasteiger partial charge in [0, 0.05) is 26.7 Å². The number of carbonyl (C=O) groups is 1. The molecule has 1 unspecified atom stereocenters. The van der Waals surface area contributed by atoms with E-state index < -0.39 is 0 Å². The van der Waals surface area contributed by atoms with Gasteiger partial charge in [0.2, 0.25) is 0 Å². The maximum atomic E-state index is 12.1. The maximum absolute atomic E-state index is 12.1. The number of rotatable bonds is 3. The molecule has 18 heavy (non-hydrogen) atoms. The molecule has 1 N–H and O–H groups in total. The van der Waals surface area contributed by atoms with Crippen molar-refractivity contribution in [2.75, 3.05) is 26.7 Å². The first-order chi connectivity index (χ1) is 8.66. The van der Waals surface area contributed by atoms with Crippen molar-refractivity contribution >= 4 is 5.91 Å². The van der Waals surface area contributed by atoms with Crippen LogP contribution in [0, 0.1) is 6.92 Å². The summed E-state index contributed by atoms with van der Waals surface area (Å²) in [6, 6.07) is 8.23. The Morgan fingerprint density at radius 1 is 1.44 bits per heavy atom. The van der Waals surface area contributed by atoms with Gasteiger partial charge in [0.25, 0.3) is 5.91 Å². The zero-order valence-corrected chi connectivity index (χ0v) is 11.0. The number of hydrogen-bond donors (Lipinski definition) is 1. The second kappa shape index (κ2) is 5.98. The second-order valence-electron chi connectivity index (χ2n) is 4.74. The van der Waals surface area contributed by atoms with Crippen LogP contribution >= 0.6 is 0 Å². The fraction of sp³-hybridized carbons (Fsp3) is 0.500. The molecule has 0 aliphatic carbocycles. The molecular formula is C14H20N2O2. The monoisotopic (exact) mass is 248 g/mol. The van der Waals surface area contributed by atoms with Gasteiger partial charge in [0.15, 0.2) is 0 Å². The van der Waals surface area contributed by atoms with Gasteiger partial charge in [-0.3, -0.25) is 4.79 Å². The van der Waals surface area contributed by atoms with Crippen LogP contribution in [0.1, 0.15) is 11.1 Å². The van der Waals surface area contributed by atoms with E-state index in [1.54, 1.807) is 4.90 Å². The van der Waals surface area contributed by atoms with E-state index in [1.807, 2.05) is 7.05 Å². The first-order valence-electron chi connectivity index (χ1n) is 6.29. The highest BCUT2D eigenvalue weighted by Crippen LogP contribution is 2.08. The molecule has 1 aromatic carbocycles. The van der Waals surface area contributed by atoms with E-state index in [0.29, 0.717) is 19.7 Å². The number of likely N-dealkylation sites (N-methyl/N-ethyl adjacent to an activating group) is 1. The number of nitrogens with zero attached hydrogens (tertiary/aromatic N) is 1. The number of carbonyl (C=O) groups excluding carboxylic acids is 1. The molecule has 1 aromatic rings. The van der Waals surface area contributed by atoms with E-state index in [-0.39, 0.29) is 12.0 Å². The predicted molar refractivity (Wildman–Crippen MR) is 70.3 cm³/mol. The molecule has 1 amide bonds. The quantitative estimate of drug-likeness (QED) is 0.865. The molecule has 1 atom stereocenters. The van der Waals surface area contributed by atoms with Crippen molar-refractivity contribution in [1.82, 2.24) is 10.2 Å². The van der Waals surface area contributed by atoms with Crippen molar-refractivity contribution in [1.29, 1.82) is 0 Å². The van der Waals surface area contributed by atoms with Crippen LogP contribution in [0.3, 0.4) is 0 Å². The van der Waals surface area contributed by atoms with Gasteiger partial charge in [-0.1, -0.05) is 29.8 Å². The summed E-state index contributed by atoms with van der Waals surface area (Å²) < 4.78 is 5.46. The minimum absolute atomic E-state index is 0.0442. The normalized spacial score (nSPS) is 19.6. The first-order valence-corrected chi connectivity index (χ1v) is 6.29. The van der Waals surface area contributed by atoms with Gasteiger partial charge in [0.05, 0.1) is 6.61 Å². The summed E-state index contributed by atoms with van der Waals surface area (Å²) in [5.41, 5.74) is 2.37. The summed E-state index contributed by atoms with van der Waals surface area (Å²) in [5.74, 6) is 0.0442. The predicted octanol–water partition coefficient (Wildman–Crippen LogP) is 0.942. The van der Waals surface area contributed by atoms with Crippen LogP contribution in [0.2, 0.25) is 0 Å². The summed E-state index contributed by atoms with van der Waals surface area (Å²) in [5, 5.41) is 3.17. The molecule has 1 heterocycles. The Hall–Kier alpha value is -1.39. The molecule has 1 aliphatic rings. The third-order valence-corrected chi connectivity index (χ3v) is 3.12. The number of nitrogens with one attached hydrogen (secondary N) is 1. The third-order valence-electron chi connectivity index (χ3n) is 3.12. The van der Waals surface area contributed by atoms with Gasteiger partial charge in [-0.15, -0.1) is 0 Å². The summed E-state index contributed by atoms with van der Waals surface area (Å²) in [7, 11) is 1.82. The van der Waals surface area contributed by atoms with E-state index >= 15 is 0 Å². The fourth-order valence-electron chi connectivity index (χ4n) is 2.02. The van der Waals surface area contributed by atoms with Gasteiger partial charge in [-0.25, -0.2) is 0 Å². The molecule has 0 aromatic heterocycles. The number of benzene rings is 1. The Morgan fingerprint density at radius 3 is 2.78 bits per heavy atom. The lowest BCUT2D eigenvalue weighted by Gasteiger charge is -2.27. The standard InChI is InChI=1S/C14H20N2O2/c1-11-3-5-12(6-4-11)10-16(2)14(17)13-9-15-7-8-18-13/h3-6,13,15H,7-10H2,1-2H3. The van der Waals surface area contributed by atoms with Crippen LogP contribution in [0.15, 0.2) is 24.3 Å². The lowest BCUT2D eigenvalue weighted by Crippen LogP contribution is -2.48. The number of ether oxygens (including phenoxy) is 1. The average molecular weight is 248 g/mol. The summed E-state index contributed by atoms with van der Waals surface area (Å²) in [6.45, 7) is 4.72. The number of morpholine rings is 1. The number of aryl methyl sites for hydroxylation is 1. The maximum Gasteiger partial charge on any atom is 0.253 e. The van der Waals surface area contributed by atoms with Crippen molar-refractivity contribution in [2.24, 2.45) is 0 Å². The summed E-state index contributed by atoms with van der Waals surface area (Å²) >= 11 is 0. The van der Waals surface area contributed by atoms with E-state index in [2.05, 4.69) is 36.5 Å². The summed E-state index contributed by atoms with van der Waals surface area (Å²) in [6.07, 6.45) is -0.339. The van der Waals surface area contributed by atoms with Crippen LogP contribution in [0.4, 0.5) is 0 Å². The molecule has 4 nitrogen and oxygen atoms in total. The molecule has 0 radical (unpaired) electrons. The van der Waals surface area contributed by atoms with E-state index in [1.165, 1.54) is 5.56 Å². The Bertz CT molecular complexity index is 397. The molecule has 2 rings (SSSR count). The minimum Gasteiger partial charge on any atom is -0.366 e. The Kier molecular flexibility index (Phi) is 4.33. The molecule has 0 saturated carbocycles. The van der Waals surface area contributed by atoms with Gasteiger partial charge in [-0.2, -0.15) is 0 Å². The van der Waals surface area contributed by atoms with Crippen LogP contribution in [-0.4, -0.2) is 43.7 Å². The largest absolute Gasteiger partial charge is 0.366 e.